The highest BCUT2D eigenvalue weighted by Crippen LogP contribution is 2.33. The Labute approximate surface area is 208 Å². The van der Waals surface area contributed by atoms with Crippen LogP contribution in [0, 0.1) is 11.3 Å². The number of nitrogens with zero attached hydrogens (tertiary/aromatic N) is 7. The number of likely N-dealkylation sites (N-methyl/N-ethyl adjacent to an activating group) is 1. The number of rotatable bonds is 7. The van der Waals surface area contributed by atoms with Crippen molar-refractivity contribution in [1.82, 2.24) is 30.0 Å². The summed E-state index contributed by atoms with van der Waals surface area (Å²) in [5.41, 5.74) is 3.70. The number of nitriles is 1. The summed E-state index contributed by atoms with van der Waals surface area (Å²) in [6, 6.07) is 15.7. The predicted molar refractivity (Wildman–Crippen MR) is 138 cm³/mol. The third-order valence-electron chi connectivity index (χ3n) is 6.04. The second-order valence-electron chi connectivity index (χ2n) is 8.37. The summed E-state index contributed by atoms with van der Waals surface area (Å²) < 4.78 is 5.62. The highest BCUT2D eigenvalue weighted by Gasteiger charge is 2.19. The van der Waals surface area contributed by atoms with Gasteiger partial charge in [-0.25, -0.2) is 9.97 Å². The minimum absolute atomic E-state index is 0.320. The summed E-state index contributed by atoms with van der Waals surface area (Å²) in [4.78, 5) is 17.8. The molecule has 3 N–H and O–H groups in total. The van der Waals surface area contributed by atoms with E-state index in [1.165, 1.54) is 12.5 Å². The van der Waals surface area contributed by atoms with Gasteiger partial charge in [0.05, 0.1) is 24.7 Å². The molecule has 1 fully saturated rings. The van der Waals surface area contributed by atoms with E-state index in [4.69, 9.17) is 4.74 Å². The van der Waals surface area contributed by atoms with Gasteiger partial charge in [-0.15, -0.1) is 0 Å². The molecule has 11 heteroatoms. The van der Waals surface area contributed by atoms with Crippen molar-refractivity contribution in [3.05, 3.63) is 60.6 Å². The molecule has 3 heterocycles. The molecule has 0 saturated carbocycles. The Balaban J connectivity index is 1.42. The zero-order valence-electron chi connectivity index (χ0n) is 20.1. The number of aromatic nitrogens is 5. The number of piperazine rings is 1. The Morgan fingerprint density at radius 2 is 1.89 bits per heavy atom. The van der Waals surface area contributed by atoms with Gasteiger partial charge in [-0.3, -0.25) is 5.10 Å². The van der Waals surface area contributed by atoms with Crippen molar-refractivity contribution in [2.45, 2.75) is 0 Å². The van der Waals surface area contributed by atoms with Gasteiger partial charge in [0.15, 0.2) is 11.6 Å². The number of H-pyrrole nitrogens is 1. The van der Waals surface area contributed by atoms with E-state index < -0.39 is 0 Å². The number of aromatic amines is 1. The maximum absolute atomic E-state index is 9.65. The molecule has 36 heavy (non-hydrogen) atoms. The molecule has 0 atom stereocenters. The molecule has 0 amide bonds. The van der Waals surface area contributed by atoms with E-state index in [0.717, 1.165) is 54.6 Å². The van der Waals surface area contributed by atoms with E-state index in [2.05, 4.69) is 58.7 Å². The van der Waals surface area contributed by atoms with Crippen LogP contribution < -0.4 is 20.3 Å². The SMILES string of the molecule is COc1ccc(Nc2ncc(C#N)c(Nc3ccccc3-c3ncn[nH]3)n2)cc1N1CCN(C)CC1. The molecule has 1 aliphatic heterocycles. The second kappa shape index (κ2) is 10.3. The van der Waals surface area contributed by atoms with Crippen LogP contribution in [0.5, 0.6) is 5.75 Å². The maximum Gasteiger partial charge on any atom is 0.229 e. The van der Waals surface area contributed by atoms with Crippen molar-refractivity contribution in [1.29, 1.82) is 5.26 Å². The minimum Gasteiger partial charge on any atom is -0.495 e. The van der Waals surface area contributed by atoms with E-state index >= 15 is 0 Å². The maximum atomic E-state index is 9.65. The van der Waals surface area contributed by atoms with Gasteiger partial charge in [0, 0.05) is 37.4 Å². The molecule has 0 aliphatic carbocycles. The van der Waals surface area contributed by atoms with Crippen LogP contribution in [-0.2, 0) is 0 Å². The summed E-state index contributed by atoms with van der Waals surface area (Å²) in [7, 11) is 3.81. The Kier molecular flexibility index (Phi) is 6.59. The first-order valence-corrected chi connectivity index (χ1v) is 11.5. The predicted octanol–water partition coefficient (Wildman–Crippen LogP) is 3.38. The molecule has 0 spiro atoms. The molecule has 1 aliphatic rings. The van der Waals surface area contributed by atoms with E-state index in [-0.39, 0.29) is 0 Å². The van der Waals surface area contributed by atoms with E-state index in [1.54, 1.807) is 7.11 Å². The molecule has 0 bridgehead atoms. The van der Waals surface area contributed by atoms with Crippen LogP contribution >= 0.6 is 0 Å². The van der Waals surface area contributed by atoms with E-state index in [0.29, 0.717) is 23.2 Å². The van der Waals surface area contributed by atoms with Crippen molar-refractivity contribution in [2.24, 2.45) is 0 Å². The van der Waals surface area contributed by atoms with Gasteiger partial charge in [-0.1, -0.05) is 12.1 Å². The van der Waals surface area contributed by atoms with Gasteiger partial charge >= 0.3 is 0 Å². The Hall–Kier alpha value is -4.69. The highest BCUT2D eigenvalue weighted by atomic mass is 16.5. The largest absolute Gasteiger partial charge is 0.495 e. The molecule has 11 nitrogen and oxygen atoms in total. The van der Waals surface area contributed by atoms with Crippen LogP contribution in [0.1, 0.15) is 5.56 Å². The number of methoxy groups -OCH3 is 1. The third kappa shape index (κ3) is 4.89. The smallest absolute Gasteiger partial charge is 0.229 e. The number of ether oxygens (including phenoxy) is 1. The van der Waals surface area contributed by atoms with Crippen LogP contribution in [0.2, 0.25) is 0 Å². The normalized spacial score (nSPS) is 13.8. The highest BCUT2D eigenvalue weighted by molar-refractivity contribution is 5.78. The van der Waals surface area contributed by atoms with E-state index in [9.17, 15) is 5.26 Å². The number of hydrogen-bond donors (Lipinski definition) is 3. The molecule has 5 rings (SSSR count). The Morgan fingerprint density at radius 3 is 2.64 bits per heavy atom. The number of nitrogens with one attached hydrogen (secondary N) is 3. The van der Waals surface area contributed by atoms with Crippen LogP contribution in [0.4, 0.5) is 28.8 Å². The molecule has 0 unspecified atom stereocenters. The summed E-state index contributed by atoms with van der Waals surface area (Å²) in [6.07, 6.45) is 2.95. The van der Waals surface area contributed by atoms with Crippen LogP contribution in [0.3, 0.4) is 0 Å². The van der Waals surface area contributed by atoms with Crippen molar-refractivity contribution < 1.29 is 4.74 Å². The number of hydrogen-bond acceptors (Lipinski definition) is 10. The first kappa shape index (κ1) is 23.1. The zero-order valence-corrected chi connectivity index (χ0v) is 20.1. The van der Waals surface area contributed by atoms with Gasteiger partial charge in [-0.2, -0.15) is 15.3 Å². The topological polar surface area (TPSA) is 131 Å². The molecule has 2 aromatic carbocycles. The quantitative estimate of drug-likeness (QED) is 0.360. The molecular weight excluding hydrogens is 456 g/mol. The number of anilines is 5. The lowest BCUT2D eigenvalue weighted by molar-refractivity contribution is 0.311. The summed E-state index contributed by atoms with van der Waals surface area (Å²) in [5.74, 6) is 2.17. The van der Waals surface area contributed by atoms with Crippen molar-refractivity contribution in [2.75, 3.05) is 55.9 Å². The molecule has 1 saturated heterocycles. The molecule has 182 valence electrons. The minimum atomic E-state index is 0.320. The Bertz CT molecular complexity index is 1370. The fourth-order valence-electron chi connectivity index (χ4n) is 4.07. The molecule has 2 aromatic heterocycles. The van der Waals surface area contributed by atoms with Crippen LogP contribution in [0.15, 0.2) is 55.0 Å². The van der Waals surface area contributed by atoms with Gasteiger partial charge in [0.25, 0.3) is 0 Å². The molecular formula is C25H26N10O. The van der Waals surface area contributed by atoms with Gasteiger partial charge < -0.3 is 25.2 Å². The average molecular weight is 483 g/mol. The van der Waals surface area contributed by atoms with Crippen LogP contribution in [-0.4, -0.2) is 70.4 Å². The lowest BCUT2D eigenvalue weighted by Crippen LogP contribution is -2.44. The van der Waals surface area contributed by atoms with Crippen molar-refractivity contribution in [3.8, 4) is 23.2 Å². The first-order chi connectivity index (χ1) is 17.6. The summed E-state index contributed by atoms with van der Waals surface area (Å²) >= 11 is 0. The monoisotopic (exact) mass is 482 g/mol. The van der Waals surface area contributed by atoms with Crippen molar-refractivity contribution in [3.63, 3.8) is 0 Å². The zero-order chi connectivity index (χ0) is 24.9. The van der Waals surface area contributed by atoms with Crippen molar-refractivity contribution >= 4 is 28.8 Å². The molecule has 4 aromatic rings. The fourth-order valence-corrected chi connectivity index (χ4v) is 4.07. The van der Waals surface area contributed by atoms with Gasteiger partial charge in [-0.05, 0) is 37.4 Å². The van der Waals surface area contributed by atoms with E-state index in [1.807, 2.05) is 42.5 Å². The lowest BCUT2D eigenvalue weighted by atomic mass is 10.1. The fraction of sp³-hybridized carbons (Fsp3) is 0.240. The lowest BCUT2D eigenvalue weighted by Gasteiger charge is -2.34. The number of para-hydroxylation sites is 1. The van der Waals surface area contributed by atoms with Gasteiger partial charge in [0.1, 0.15) is 23.7 Å². The number of benzene rings is 2. The van der Waals surface area contributed by atoms with Gasteiger partial charge in [0.2, 0.25) is 5.95 Å². The summed E-state index contributed by atoms with van der Waals surface area (Å²) in [6.45, 7) is 3.82. The summed E-state index contributed by atoms with van der Waals surface area (Å²) in [5, 5.41) is 23.0. The second-order valence-corrected chi connectivity index (χ2v) is 8.37. The third-order valence-corrected chi connectivity index (χ3v) is 6.04. The van der Waals surface area contributed by atoms with Crippen LogP contribution in [0.25, 0.3) is 11.4 Å². The average Bonchev–Trinajstić information content (AvgIpc) is 3.45. The molecule has 0 radical (unpaired) electrons. The first-order valence-electron chi connectivity index (χ1n) is 11.5. The standard InChI is InChI=1S/C25H26N10O/c1-34-9-11-35(12-10-34)21-13-18(7-8-22(21)36-2)30-25-27-15-17(14-26)23(32-25)31-20-6-4-3-5-19(20)24-28-16-29-33-24/h3-8,13,15-16H,9-12H2,1-2H3,(H,28,29,33)(H2,27,30,31,32). The Morgan fingerprint density at radius 1 is 1.06 bits per heavy atom.